The van der Waals surface area contributed by atoms with Gasteiger partial charge in [0, 0.05) is 16.3 Å². The largest absolute Gasteiger partial charge is 0.324 e. The molecule has 4 nitrogen and oxygen atoms in total. The second kappa shape index (κ2) is 8.16. The highest BCUT2D eigenvalue weighted by Gasteiger charge is 2.22. The van der Waals surface area contributed by atoms with Gasteiger partial charge < -0.3 is 10.2 Å². The van der Waals surface area contributed by atoms with Crippen LogP contribution in [0, 0.1) is 11.3 Å². The third-order valence-corrected chi connectivity index (χ3v) is 4.46. The summed E-state index contributed by atoms with van der Waals surface area (Å²) in [5.41, 5.74) is 2.06. The van der Waals surface area contributed by atoms with Crippen LogP contribution in [0.5, 0.6) is 0 Å². The molecular formula is C18H18Cl2N3O+. The fraction of sp³-hybridized carbons (Fsp3) is 0.222. The van der Waals surface area contributed by atoms with Gasteiger partial charge in [-0.1, -0.05) is 35.3 Å². The Balaban J connectivity index is 2.02. The van der Waals surface area contributed by atoms with Crippen molar-refractivity contribution < 1.29 is 9.69 Å². The van der Waals surface area contributed by atoms with Crippen molar-refractivity contribution in [3.05, 3.63) is 63.6 Å². The molecular weight excluding hydrogens is 345 g/mol. The summed E-state index contributed by atoms with van der Waals surface area (Å²) in [6.45, 7) is 2.45. The topological polar surface area (TPSA) is 57.3 Å². The van der Waals surface area contributed by atoms with Crippen molar-refractivity contribution in [2.24, 2.45) is 0 Å². The summed E-state index contributed by atoms with van der Waals surface area (Å²) >= 11 is 12.1. The third-order valence-electron chi connectivity index (χ3n) is 3.88. The summed E-state index contributed by atoms with van der Waals surface area (Å²) in [6.07, 6.45) is 0. The van der Waals surface area contributed by atoms with Gasteiger partial charge in [-0.2, -0.15) is 5.26 Å². The number of carbonyl (C=O) groups excluding carboxylic acids is 1. The van der Waals surface area contributed by atoms with Crippen LogP contribution >= 0.6 is 23.2 Å². The van der Waals surface area contributed by atoms with Crippen molar-refractivity contribution in [3.8, 4) is 6.07 Å². The highest BCUT2D eigenvalue weighted by molar-refractivity contribution is 6.35. The Morgan fingerprint density at radius 1 is 1.29 bits per heavy atom. The molecule has 24 heavy (non-hydrogen) atoms. The Morgan fingerprint density at radius 2 is 2.04 bits per heavy atom. The lowest BCUT2D eigenvalue weighted by Gasteiger charge is -2.21. The number of hydrogen-bond donors (Lipinski definition) is 2. The minimum Gasteiger partial charge on any atom is -0.324 e. The number of hydrogen-bond acceptors (Lipinski definition) is 2. The van der Waals surface area contributed by atoms with Crippen molar-refractivity contribution in [1.82, 2.24) is 0 Å². The van der Waals surface area contributed by atoms with E-state index in [0.29, 0.717) is 27.8 Å². The molecule has 1 amide bonds. The lowest BCUT2D eigenvalue weighted by molar-refractivity contribution is -0.907. The molecule has 0 aromatic heterocycles. The maximum atomic E-state index is 12.4. The van der Waals surface area contributed by atoms with Crippen molar-refractivity contribution in [2.45, 2.75) is 19.5 Å². The first kappa shape index (κ1) is 18.3. The number of halogens is 2. The van der Waals surface area contributed by atoms with Crippen LogP contribution in [0.15, 0.2) is 42.5 Å². The monoisotopic (exact) mass is 362 g/mol. The molecule has 0 aliphatic carbocycles. The maximum absolute atomic E-state index is 12.4. The molecule has 2 N–H and O–H groups in total. The third kappa shape index (κ3) is 4.72. The molecule has 0 spiro atoms. The van der Waals surface area contributed by atoms with E-state index in [4.69, 9.17) is 28.5 Å². The van der Waals surface area contributed by atoms with E-state index in [9.17, 15) is 4.79 Å². The number of anilines is 1. The zero-order valence-corrected chi connectivity index (χ0v) is 14.9. The van der Waals surface area contributed by atoms with Gasteiger partial charge >= 0.3 is 0 Å². The quantitative estimate of drug-likeness (QED) is 0.858. The first-order chi connectivity index (χ1) is 11.4. The molecule has 2 rings (SSSR count). The van der Waals surface area contributed by atoms with Crippen molar-refractivity contribution in [1.29, 1.82) is 5.26 Å². The van der Waals surface area contributed by atoms with E-state index in [1.165, 1.54) is 0 Å². The van der Waals surface area contributed by atoms with Crippen molar-refractivity contribution in [2.75, 3.05) is 12.4 Å². The second-order valence-corrected chi connectivity index (χ2v) is 6.51. The Labute approximate surface area is 151 Å². The zero-order chi connectivity index (χ0) is 17.7. The predicted molar refractivity (Wildman–Crippen MR) is 96.3 cm³/mol. The van der Waals surface area contributed by atoms with E-state index in [0.717, 1.165) is 10.5 Å². The average Bonchev–Trinajstić information content (AvgIpc) is 2.56. The number of quaternary nitrogens is 1. The van der Waals surface area contributed by atoms with Crippen LogP contribution in [-0.4, -0.2) is 19.0 Å². The van der Waals surface area contributed by atoms with Crippen LogP contribution in [0.1, 0.15) is 18.1 Å². The van der Waals surface area contributed by atoms with Crippen LogP contribution in [0.25, 0.3) is 0 Å². The number of nitriles is 1. The van der Waals surface area contributed by atoms with Gasteiger partial charge in [0.25, 0.3) is 5.91 Å². The van der Waals surface area contributed by atoms with Gasteiger partial charge in [0.2, 0.25) is 0 Å². The molecule has 0 fully saturated rings. The standard InChI is InChI=1S/C18H17Cl2N3O/c1-12(18(24)22-16-5-3-4-13(8-16)10-21)23(2)11-14-6-7-15(19)9-17(14)20/h3-9,12H,11H2,1-2H3,(H,22,24)/p+1/t12-/m1/s1. The SMILES string of the molecule is C[C@H](C(=O)Nc1cccc(C#N)c1)[NH+](C)Cc1ccc(Cl)cc1Cl. The Kier molecular flexibility index (Phi) is 6.22. The normalized spacial score (nSPS) is 13.0. The minimum atomic E-state index is -0.289. The minimum absolute atomic E-state index is 0.118. The Bertz CT molecular complexity index is 786. The second-order valence-electron chi connectivity index (χ2n) is 5.66. The van der Waals surface area contributed by atoms with E-state index >= 15 is 0 Å². The van der Waals surface area contributed by atoms with E-state index in [1.54, 1.807) is 36.4 Å². The van der Waals surface area contributed by atoms with Gasteiger partial charge in [0.15, 0.2) is 6.04 Å². The van der Waals surface area contributed by atoms with Crippen LogP contribution in [0.4, 0.5) is 5.69 Å². The number of amides is 1. The van der Waals surface area contributed by atoms with Crippen LogP contribution < -0.4 is 10.2 Å². The average molecular weight is 363 g/mol. The summed E-state index contributed by atoms with van der Waals surface area (Å²) in [5, 5.41) is 12.9. The van der Waals surface area contributed by atoms with Gasteiger partial charge in [-0.3, -0.25) is 4.79 Å². The first-order valence-electron chi connectivity index (χ1n) is 7.48. The van der Waals surface area contributed by atoms with Crippen molar-refractivity contribution in [3.63, 3.8) is 0 Å². The number of likely N-dealkylation sites (N-methyl/N-ethyl adjacent to an activating group) is 1. The fourth-order valence-corrected chi connectivity index (χ4v) is 2.73. The molecule has 0 saturated carbocycles. The number of rotatable bonds is 5. The smallest absolute Gasteiger partial charge is 0.282 e. The number of nitrogens with one attached hydrogen (secondary N) is 2. The molecule has 0 radical (unpaired) electrons. The molecule has 0 bridgehead atoms. The fourth-order valence-electron chi connectivity index (χ4n) is 2.26. The molecule has 124 valence electrons. The van der Waals surface area contributed by atoms with Gasteiger partial charge in [0.1, 0.15) is 6.54 Å². The van der Waals surface area contributed by atoms with Gasteiger partial charge in [0.05, 0.1) is 23.7 Å². The summed E-state index contributed by atoms with van der Waals surface area (Å²) in [5.74, 6) is -0.118. The summed E-state index contributed by atoms with van der Waals surface area (Å²) in [7, 11) is 1.93. The first-order valence-corrected chi connectivity index (χ1v) is 8.23. The summed E-state index contributed by atoms with van der Waals surface area (Å²) in [6, 6.07) is 14.0. The van der Waals surface area contributed by atoms with E-state index in [-0.39, 0.29) is 11.9 Å². The molecule has 2 atom stereocenters. The van der Waals surface area contributed by atoms with Gasteiger partial charge in [-0.05, 0) is 37.3 Å². The predicted octanol–water partition coefficient (Wildman–Crippen LogP) is 2.91. The highest BCUT2D eigenvalue weighted by Crippen LogP contribution is 2.20. The van der Waals surface area contributed by atoms with Gasteiger partial charge in [-0.15, -0.1) is 0 Å². The van der Waals surface area contributed by atoms with Crippen LogP contribution in [0.2, 0.25) is 10.0 Å². The molecule has 0 heterocycles. The molecule has 0 aliphatic rings. The highest BCUT2D eigenvalue weighted by atomic mass is 35.5. The zero-order valence-electron chi connectivity index (χ0n) is 13.4. The summed E-state index contributed by atoms with van der Waals surface area (Å²) < 4.78 is 0. The lowest BCUT2D eigenvalue weighted by atomic mass is 10.1. The number of benzene rings is 2. The Morgan fingerprint density at radius 3 is 2.71 bits per heavy atom. The Hall–Kier alpha value is -2.06. The van der Waals surface area contributed by atoms with E-state index < -0.39 is 0 Å². The van der Waals surface area contributed by atoms with Gasteiger partial charge in [-0.25, -0.2) is 0 Å². The summed E-state index contributed by atoms with van der Waals surface area (Å²) in [4.78, 5) is 13.4. The molecule has 1 unspecified atom stereocenters. The molecule has 0 saturated heterocycles. The van der Waals surface area contributed by atoms with E-state index in [1.807, 2.05) is 20.0 Å². The van der Waals surface area contributed by atoms with E-state index in [2.05, 4.69) is 11.4 Å². The molecule has 2 aromatic carbocycles. The molecule has 6 heteroatoms. The lowest BCUT2D eigenvalue weighted by Crippen LogP contribution is -3.12. The maximum Gasteiger partial charge on any atom is 0.282 e. The van der Waals surface area contributed by atoms with Crippen LogP contribution in [0.3, 0.4) is 0 Å². The number of carbonyl (C=O) groups is 1. The van der Waals surface area contributed by atoms with Crippen LogP contribution in [-0.2, 0) is 11.3 Å². The van der Waals surface area contributed by atoms with Crippen molar-refractivity contribution >= 4 is 34.8 Å². The molecule has 2 aromatic rings. The number of nitrogens with zero attached hydrogens (tertiary/aromatic N) is 1. The molecule has 0 aliphatic heterocycles.